The number of hydrogen-bond acceptors (Lipinski definition) is 2. The summed E-state index contributed by atoms with van der Waals surface area (Å²) in [5, 5.41) is 1.66. The van der Waals surface area contributed by atoms with Gasteiger partial charge < -0.3 is 10.2 Å². The van der Waals surface area contributed by atoms with Crippen LogP contribution in [0.25, 0.3) is 0 Å². The average Bonchev–Trinajstić information content (AvgIpc) is 2.42. The van der Waals surface area contributed by atoms with Gasteiger partial charge >= 0.3 is 18.0 Å². The first kappa shape index (κ1) is 22.9. The van der Waals surface area contributed by atoms with Crippen LogP contribution in [0.15, 0.2) is 0 Å². The first-order chi connectivity index (χ1) is 10.8. The number of carbonyl (C=O) groups is 1. The molecule has 0 fully saturated rings. The smallest absolute Gasteiger partial charge is 0.348 e. The van der Waals surface area contributed by atoms with Crippen molar-refractivity contribution in [2.75, 3.05) is 20.6 Å². The number of carbonyl (C=O) groups excluding carboxylic acids is 1. The minimum Gasteiger partial charge on any atom is -0.348 e. The lowest BCUT2D eigenvalue weighted by molar-refractivity contribution is -0.344. The number of alkyl halides is 7. The summed E-state index contributed by atoms with van der Waals surface area (Å²) in [6.07, 6.45) is -4.43. The molecule has 0 rings (SSSR count). The van der Waals surface area contributed by atoms with Gasteiger partial charge in [0.05, 0.1) is 0 Å². The Kier molecular flexibility index (Phi) is 8.47. The van der Waals surface area contributed by atoms with Gasteiger partial charge in [0, 0.05) is 6.04 Å². The summed E-state index contributed by atoms with van der Waals surface area (Å²) in [7, 11) is 3.52. The van der Waals surface area contributed by atoms with E-state index in [1.165, 1.54) is 0 Å². The summed E-state index contributed by atoms with van der Waals surface area (Å²) < 4.78 is 88.7. The highest BCUT2D eigenvalue weighted by atomic mass is 19.4. The quantitative estimate of drug-likeness (QED) is 0.595. The number of unbranched alkanes of at least 4 members (excludes halogenated alkanes) is 1. The van der Waals surface area contributed by atoms with E-state index in [9.17, 15) is 35.5 Å². The van der Waals surface area contributed by atoms with Crippen LogP contribution < -0.4 is 5.32 Å². The molecule has 10 heteroatoms. The average molecular weight is 368 g/mol. The molecule has 3 nitrogen and oxygen atoms in total. The van der Waals surface area contributed by atoms with Gasteiger partial charge in [-0.15, -0.1) is 0 Å². The van der Waals surface area contributed by atoms with E-state index >= 15 is 0 Å². The number of nitrogens with one attached hydrogen (secondary N) is 1. The highest BCUT2D eigenvalue weighted by Crippen LogP contribution is 2.46. The van der Waals surface area contributed by atoms with Crippen molar-refractivity contribution in [1.29, 1.82) is 0 Å². The number of rotatable bonds is 10. The van der Waals surface area contributed by atoms with E-state index < -0.39 is 30.0 Å². The lowest BCUT2D eigenvalue weighted by atomic mass is 10.0. The molecule has 24 heavy (non-hydrogen) atoms. The highest BCUT2D eigenvalue weighted by molar-refractivity contribution is 5.85. The standard InChI is InChI=1S/C14H23F7N2O/c1-4-5-7-10(8-6-9-23(2)3)22-11(24)12(15,16)13(17,18)14(19,20)21/h10H,4-9H2,1-3H3,(H,22,24). The second-order valence-electron chi connectivity index (χ2n) is 5.90. The number of halogens is 7. The van der Waals surface area contributed by atoms with Gasteiger partial charge in [0.2, 0.25) is 0 Å². The number of nitrogens with zero attached hydrogens (tertiary/aromatic N) is 1. The Hall–Kier alpha value is -1.06. The van der Waals surface area contributed by atoms with E-state index in [4.69, 9.17) is 0 Å². The van der Waals surface area contributed by atoms with Crippen molar-refractivity contribution in [3.63, 3.8) is 0 Å². The summed E-state index contributed by atoms with van der Waals surface area (Å²) >= 11 is 0. The van der Waals surface area contributed by atoms with Crippen LogP contribution in [0.1, 0.15) is 39.0 Å². The van der Waals surface area contributed by atoms with Crippen LogP contribution in [0.5, 0.6) is 0 Å². The SMILES string of the molecule is CCCCC(CCCN(C)C)NC(=O)C(F)(F)C(F)(F)C(F)(F)F. The zero-order valence-corrected chi connectivity index (χ0v) is 13.8. The van der Waals surface area contributed by atoms with Gasteiger partial charge in [-0.25, -0.2) is 0 Å². The number of hydrogen-bond donors (Lipinski definition) is 1. The Bertz CT molecular complexity index is 397. The van der Waals surface area contributed by atoms with E-state index in [2.05, 4.69) is 0 Å². The normalized spacial score (nSPS) is 14.8. The van der Waals surface area contributed by atoms with Crippen LogP contribution >= 0.6 is 0 Å². The molecule has 0 aromatic heterocycles. The van der Waals surface area contributed by atoms with Gasteiger partial charge in [-0.3, -0.25) is 4.79 Å². The molecule has 1 atom stereocenters. The summed E-state index contributed by atoms with van der Waals surface area (Å²) in [6, 6.07) is -0.882. The van der Waals surface area contributed by atoms with Crippen molar-refractivity contribution in [3.8, 4) is 0 Å². The zero-order chi connectivity index (χ0) is 19.2. The highest BCUT2D eigenvalue weighted by Gasteiger charge is 2.76. The van der Waals surface area contributed by atoms with Crippen LogP contribution in [-0.4, -0.2) is 55.5 Å². The molecule has 144 valence electrons. The molecule has 1 N–H and O–H groups in total. The van der Waals surface area contributed by atoms with Crippen molar-refractivity contribution < 1.29 is 35.5 Å². The fraction of sp³-hybridized carbons (Fsp3) is 0.929. The maximum absolute atomic E-state index is 13.3. The molecule has 0 aliphatic rings. The molecule has 1 unspecified atom stereocenters. The monoisotopic (exact) mass is 368 g/mol. The molecule has 1 amide bonds. The molecule has 0 saturated carbocycles. The van der Waals surface area contributed by atoms with Crippen molar-refractivity contribution in [2.45, 2.75) is 63.1 Å². The summed E-state index contributed by atoms with van der Waals surface area (Å²) in [6.45, 7) is 2.36. The molecule has 0 aromatic rings. The van der Waals surface area contributed by atoms with E-state index in [-0.39, 0.29) is 12.8 Å². The first-order valence-electron chi connectivity index (χ1n) is 7.55. The molecule has 0 aromatic carbocycles. The lowest BCUT2D eigenvalue weighted by Crippen LogP contribution is -2.60. The molecule has 0 saturated heterocycles. The van der Waals surface area contributed by atoms with Crippen LogP contribution in [0.3, 0.4) is 0 Å². The van der Waals surface area contributed by atoms with Crippen molar-refractivity contribution >= 4 is 5.91 Å². The van der Waals surface area contributed by atoms with Gasteiger partial charge in [0.25, 0.3) is 5.91 Å². The molecule has 0 spiro atoms. The third kappa shape index (κ3) is 6.10. The lowest BCUT2D eigenvalue weighted by Gasteiger charge is -2.29. The minimum atomic E-state index is -6.52. The Labute approximate surface area is 136 Å². The van der Waals surface area contributed by atoms with E-state index in [1.54, 1.807) is 31.2 Å². The largest absolute Gasteiger partial charge is 0.460 e. The molecular weight excluding hydrogens is 345 g/mol. The Morgan fingerprint density at radius 3 is 1.92 bits per heavy atom. The van der Waals surface area contributed by atoms with Gasteiger partial charge in [0.1, 0.15) is 0 Å². The van der Waals surface area contributed by atoms with Crippen LogP contribution in [-0.2, 0) is 4.79 Å². The predicted molar refractivity (Wildman–Crippen MR) is 75.2 cm³/mol. The Morgan fingerprint density at radius 1 is 1.00 bits per heavy atom. The summed E-state index contributed by atoms with van der Waals surface area (Å²) in [5.74, 6) is -14.9. The Balaban J connectivity index is 5.01. The van der Waals surface area contributed by atoms with Crippen LogP contribution in [0, 0.1) is 0 Å². The third-order valence-electron chi connectivity index (χ3n) is 3.43. The maximum Gasteiger partial charge on any atom is 0.460 e. The van der Waals surface area contributed by atoms with Crippen molar-refractivity contribution in [3.05, 3.63) is 0 Å². The summed E-state index contributed by atoms with van der Waals surface area (Å²) in [5.41, 5.74) is 0. The molecule has 0 heterocycles. The topological polar surface area (TPSA) is 32.3 Å². The van der Waals surface area contributed by atoms with E-state index in [0.29, 0.717) is 25.8 Å². The number of amides is 1. The summed E-state index contributed by atoms with van der Waals surface area (Å²) in [4.78, 5) is 13.2. The van der Waals surface area contributed by atoms with E-state index in [1.807, 2.05) is 0 Å². The maximum atomic E-state index is 13.3. The molecular formula is C14H23F7N2O. The zero-order valence-electron chi connectivity index (χ0n) is 13.8. The Morgan fingerprint density at radius 2 is 1.50 bits per heavy atom. The fourth-order valence-electron chi connectivity index (χ4n) is 1.99. The second kappa shape index (κ2) is 8.87. The van der Waals surface area contributed by atoms with Gasteiger partial charge in [-0.1, -0.05) is 19.8 Å². The van der Waals surface area contributed by atoms with E-state index in [0.717, 1.165) is 0 Å². The first-order valence-corrected chi connectivity index (χ1v) is 7.55. The van der Waals surface area contributed by atoms with Crippen LogP contribution in [0.2, 0.25) is 0 Å². The minimum absolute atomic E-state index is 0.206. The third-order valence-corrected chi connectivity index (χ3v) is 3.43. The van der Waals surface area contributed by atoms with Gasteiger partial charge in [-0.2, -0.15) is 30.7 Å². The van der Waals surface area contributed by atoms with Gasteiger partial charge in [-0.05, 0) is 39.9 Å². The molecule has 0 aliphatic heterocycles. The van der Waals surface area contributed by atoms with Crippen molar-refractivity contribution in [1.82, 2.24) is 10.2 Å². The second-order valence-corrected chi connectivity index (χ2v) is 5.90. The molecule has 0 radical (unpaired) electrons. The predicted octanol–water partition coefficient (Wildman–Crippen LogP) is 3.84. The molecule has 0 bridgehead atoms. The van der Waals surface area contributed by atoms with Crippen LogP contribution in [0.4, 0.5) is 30.7 Å². The van der Waals surface area contributed by atoms with Crippen molar-refractivity contribution in [2.24, 2.45) is 0 Å². The van der Waals surface area contributed by atoms with Gasteiger partial charge in [0.15, 0.2) is 0 Å². The molecule has 0 aliphatic carbocycles. The fourth-order valence-corrected chi connectivity index (χ4v) is 1.99.